The van der Waals surface area contributed by atoms with Crippen LogP contribution in [0.15, 0.2) is 60.7 Å². The van der Waals surface area contributed by atoms with E-state index in [1.165, 1.54) is 7.11 Å². The van der Waals surface area contributed by atoms with E-state index in [1.807, 2.05) is 36.4 Å². The number of hydrogen-bond donors (Lipinski definition) is 1. The third-order valence-electron chi connectivity index (χ3n) is 3.40. The molecule has 1 N–H and O–H groups in total. The molecule has 0 bridgehead atoms. The van der Waals surface area contributed by atoms with Gasteiger partial charge in [-0.1, -0.05) is 30.3 Å². The Hall–Kier alpha value is -2.46. The molecule has 2 aromatic carbocycles. The van der Waals surface area contributed by atoms with Crippen LogP contribution < -0.4 is 10.1 Å². The van der Waals surface area contributed by atoms with Crippen LogP contribution in [0.25, 0.3) is 0 Å². The van der Waals surface area contributed by atoms with Crippen LogP contribution in [0, 0.1) is 0 Å². The predicted molar refractivity (Wildman–Crippen MR) is 92.0 cm³/mol. The number of hydrogen-bond acceptors (Lipinski definition) is 4. The van der Waals surface area contributed by atoms with Gasteiger partial charge >= 0.3 is 5.97 Å². The van der Waals surface area contributed by atoms with Gasteiger partial charge in [-0.25, -0.2) is 4.79 Å². The molecule has 0 aliphatic rings. The topological polar surface area (TPSA) is 47.6 Å². The molecule has 2 aromatic rings. The maximum Gasteiger partial charge on any atom is 0.335 e. The fraction of sp³-hybridized carbons (Fsp3) is 0.167. The minimum atomic E-state index is -0.467. The average Bonchev–Trinajstić information content (AvgIpc) is 2.59. The molecule has 0 spiro atoms. The van der Waals surface area contributed by atoms with Gasteiger partial charge < -0.3 is 14.8 Å². The molecular weight excluding hydrogens is 314 g/mol. The van der Waals surface area contributed by atoms with E-state index in [4.69, 9.17) is 21.1 Å². The van der Waals surface area contributed by atoms with Gasteiger partial charge in [-0.05, 0) is 42.0 Å². The van der Waals surface area contributed by atoms with Crippen LogP contribution in [0.2, 0.25) is 5.02 Å². The van der Waals surface area contributed by atoms with Crippen molar-refractivity contribution in [1.29, 1.82) is 0 Å². The Morgan fingerprint density at radius 1 is 1.09 bits per heavy atom. The van der Waals surface area contributed by atoms with Crippen LogP contribution in [0.1, 0.15) is 11.6 Å². The van der Waals surface area contributed by atoms with Crippen LogP contribution >= 0.6 is 11.6 Å². The highest BCUT2D eigenvalue weighted by molar-refractivity contribution is 6.30. The number of esters is 1. The maximum atomic E-state index is 11.9. The summed E-state index contributed by atoms with van der Waals surface area (Å²) in [6, 6.07) is 14.2. The standard InChI is InChI=1S/C18H18ClNO3/c1-12(18(21)23-3)17(13-4-6-14(19)7-5-13)20-15-8-10-16(22-2)11-9-15/h4-11,17,20H,1H2,2-3H3. The second-order valence-electron chi connectivity index (χ2n) is 4.87. The first-order valence-electron chi connectivity index (χ1n) is 6.98. The zero-order valence-corrected chi connectivity index (χ0v) is 13.8. The summed E-state index contributed by atoms with van der Waals surface area (Å²) in [5.74, 6) is 0.288. The van der Waals surface area contributed by atoms with Gasteiger partial charge in [0, 0.05) is 10.7 Å². The van der Waals surface area contributed by atoms with E-state index in [0.717, 1.165) is 17.0 Å². The van der Waals surface area contributed by atoms with Gasteiger partial charge in [0.15, 0.2) is 0 Å². The van der Waals surface area contributed by atoms with E-state index in [-0.39, 0.29) is 0 Å². The molecule has 1 unspecified atom stereocenters. The summed E-state index contributed by atoms with van der Waals surface area (Å²) < 4.78 is 9.93. The smallest absolute Gasteiger partial charge is 0.335 e. The molecule has 0 saturated heterocycles. The predicted octanol–water partition coefficient (Wildman–Crippen LogP) is 4.23. The minimum Gasteiger partial charge on any atom is -0.497 e. The first-order chi connectivity index (χ1) is 11.0. The third kappa shape index (κ3) is 4.27. The molecule has 5 heteroatoms. The molecule has 0 aliphatic carbocycles. The maximum absolute atomic E-state index is 11.9. The Kier molecular flexibility index (Phi) is 5.66. The molecule has 1 atom stereocenters. The average molecular weight is 332 g/mol. The molecule has 0 aromatic heterocycles. The summed E-state index contributed by atoms with van der Waals surface area (Å²) in [7, 11) is 2.94. The van der Waals surface area contributed by atoms with Crippen molar-refractivity contribution in [3.05, 3.63) is 71.3 Å². The van der Waals surface area contributed by atoms with Crippen LogP contribution in [0.5, 0.6) is 5.75 Å². The van der Waals surface area contributed by atoms with Crippen molar-refractivity contribution in [2.45, 2.75) is 6.04 Å². The quantitative estimate of drug-likeness (QED) is 0.635. The number of rotatable bonds is 6. The molecule has 120 valence electrons. The summed E-state index contributed by atoms with van der Waals surface area (Å²) in [4.78, 5) is 11.9. The normalized spacial score (nSPS) is 11.4. The van der Waals surface area contributed by atoms with Gasteiger partial charge in [0.2, 0.25) is 0 Å². The van der Waals surface area contributed by atoms with Crippen LogP contribution in [0.4, 0.5) is 5.69 Å². The lowest BCUT2D eigenvalue weighted by Crippen LogP contribution is -2.19. The van der Waals surface area contributed by atoms with Gasteiger partial charge in [-0.3, -0.25) is 0 Å². The number of nitrogens with one attached hydrogen (secondary N) is 1. The summed E-state index contributed by atoms with van der Waals surface area (Å²) in [5.41, 5.74) is 2.00. The van der Waals surface area contributed by atoms with E-state index in [2.05, 4.69) is 11.9 Å². The largest absolute Gasteiger partial charge is 0.497 e. The fourth-order valence-electron chi connectivity index (χ4n) is 2.13. The van der Waals surface area contributed by atoms with Gasteiger partial charge in [0.05, 0.1) is 25.8 Å². The highest BCUT2D eigenvalue weighted by Crippen LogP contribution is 2.28. The molecule has 4 nitrogen and oxygen atoms in total. The van der Waals surface area contributed by atoms with Crippen molar-refractivity contribution in [2.75, 3.05) is 19.5 Å². The van der Waals surface area contributed by atoms with Crippen molar-refractivity contribution in [2.24, 2.45) is 0 Å². The van der Waals surface area contributed by atoms with E-state index in [1.54, 1.807) is 19.2 Å². The van der Waals surface area contributed by atoms with Crippen molar-refractivity contribution in [3.63, 3.8) is 0 Å². The SMILES string of the molecule is C=C(C(=O)OC)C(Nc1ccc(OC)cc1)c1ccc(Cl)cc1. The summed E-state index contributed by atoms with van der Waals surface area (Å²) in [6.07, 6.45) is 0. The molecule has 0 fully saturated rings. The minimum absolute atomic E-state index is 0.311. The molecule has 0 saturated carbocycles. The van der Waals surface area contributed by atoms with E-state index < -0.39 is 12.0 Å². The van der Waals surface area contributed by atoms with Crippen LogP contribution in [-0.2, 0) is 9.53 Å². The fourth-order valence-corrected chi connectivity index (χ4v) is 2.26. The Balaban J connectivity index is 2.30. The molecule has 0 heterocycles. The highest BCUT2D eigenvalue weighted by atomic mass is 35.5. The van der Waals surface area contributed by atoms with E-state index in [0.29, 0.717) is 10.6 Å². The Morgan fingerprint density at radius 2 is 1.70 bits per heavy atom. The third-order valence-corrected chi connectivity index (χ3v) is 3.65. The summed E-state index contributed by atoms with van der Waals surface area (Å²) in [5, 5.41) is 3.91. The number of halogens is 1. The first-order valence-corrected chi connectivity index (χ1v) is 7.36. The monoisotopic (exact) mass is 331 g/mol. The Bertz CT molecular complexity index is 680. The second kappa shape index (κ2) is 7.70. The molecule has 0 aliphatic heterocycles. The zero-order valence-electron chi connectivity index (χ0n) is 13.0. The Morgan fingerprint density at radius 3 is 2.22 bits per heavy atom. The van der Waals surface area contributed by atoms with E-state index in [9.17, 15) is 4.79 Å². The number of benzene rings is 2. The summed E-state index contributed by atoms with van der Waals surface area (Å²) >= 11 is 5.93. The number of carbonyl (C=O) groups is 1. The lowest BCUT2D eigenvalue weighted by atomic mass is 9.99. The molecule has 0 radical (unpaired) electrons. The molecule has 0 amide bonds. The van der Waals surface area contributed by atoms with Crippen molar-refractivity contribution < 1.29 is 14.3 Å². The summed E-state index contributed by atoms with van der Waals surface area (Å²) in [6.45, 7) is 3.86. The first kappa shape index (κ1) is 16.9. The molecular formula is C18H18ClNO3. The second-order valence-corrected chi connectivity index (χ2v) is 5.31. The lowest BCUT2D eigenvalue weighted by molar-refractivity contribution is -0.136. The zero-order chi connectivity index (χ0) is 16.8. The van der Waals surface area contributed by atoms with Gasteiger partial charge in [-0.2, -0.15) is 0 Å². The Labute approximate surface area is 140 Å². The number of carbonyl (C=O) groups excluding carboxylic acids is 1. The van der Waals surface area contributed by atoms with Crippen LogP contribution in [-0.4, -0.2) is 20.2 Å². The van der Waals surface area contributed by atoms with E-state index >= 15 is 0 Å². The lowest BCUT2D eigenvalue weighted by Gasteiger charge is -2.21. The number of methoxy groups -OCH3 is 2. The molecule has 2 rings (SSSR count). The van der Waals surface area contributed by atoms with Gasteiger partial charge in [-0.15, -0.1) is 0 Å². The van der Waals surface area contributed by atoms with Crippen molar-refractivity contribution >= 4 is 23.3 Å². The molecule has 23 heavy (non-hydrogen) atoms. The van der Waals surface area contributed by atoms with Gasteiger partial charge in [0.1, 0.15) is 5.75 Å². The number of anilines is 1. The van der Waals surface area contributed by atoms with Crippen molar-refractivity contribution in [3.8, 4) is 5.75 Å². The number of ether oxygens (including phenoxy) is 2. The van der Waals surface area contributed by atoms with Gasteiger partial charge in [0.25, 0.3) is 0 Å². The van der Waals surface area contributed by atoms with Crippen molar-refractivity contribution in [1.82, 2.24) is 0 Å². The highest BCUT2D eigenvalue weighted by Gasteiger charge is 2.21. The van der Waals surface area contributed by atoms with Crippen LogP contribution in [0.3, 0.4) is 0 Å².